The van der Waals surface area contributed by atoms with E-state index in [9.17, 15) is 0 Å². The van der Waals surface area contributed by atoms with E-state index in [1.165, 1.54) is 0 Å². The van der Waals surface area contributed by atoms with Gasteiger partial charge in [-0.25, -0.2) is 0 Å². The Morgan fingerprint density at radius 2 is 1.84 bits per heavy atom. The second-order valence-corrected chi connectivity index (χ2v) is 5.09. The summed E-state index contributed by atoms with van der Waals surface area (Å²) in [6, 6.07) is 10.1. The quantitative estimate of drug-likeness (QED) is 0.827. The number of nitrogens with zero attached hydrogens (tertiary/aromatic N) is 1. The molecule has 3 nitrogen and oxygen atoms in total. The first-order chi connectivity index (χ1) is 9.24. The van der Waals surface area contributed by atoms with Crippen molar-refractivity contribution in [2.24, 2.45) is 5.73 Å². The van der Waals surface area contributed by atoms with Gasteiger partial charge in [0.25, 0.3) is 0 Å². The number of benzene rings is 1. The SMILES string of the molecule is CCCN(CCC)CC(N)c1cc2ccccc2o1. The van der Waals surface area contributed by atoms with Crippen LogP contribution in [0.15, 0.2) is 34.7 Å². The minimum Gasteiger partial charge on any atom is -0.459 e. The number of nitrogens with two attached hydrogens (primary N) is 1. The number of rotatable bonds is 7. The van der Waals surface area contributed by atoms with Gasteiger partial charge in [-0.15, -0.1) is 0 Å². The number of hydrogen-bond acceptors (Lipinski definition) is 3. The lowest BCUT2D eigenvalue weighted by Crippen LogP contribution is -2.33. The first kappa shape index (κ1) is 14.1. The largest absolute Gasteiger partial charge is 0.459 e. The Kier molecular flexibility index (Phi) is 5.00. The summed E-state index contributed by atoms with van der Waals surface area (Å²) in [6.07, 6.45) is 2.32. The summed E-state index contributed by atoms with van der Waals surface area (Å²) < 4.78 is 5.84. The maximum absolute atomic E-state index is 6.28. The highest BCUT2D eigenvalue weighted by Gasteiger charge is 2.15. The Morgan fingerprint density at radius 1 is 1.16 bits per heavy atom. The van der Waals surface area contributed by atoms with Crippen LogP contribution in [0.5, 0.6) is 0 Å². The summed E-state index contributed by atoms with van der Waals surface area (Å²) in [4.78, 5) is 2.41. The molecule has 0 aliphatic carbocycles. The smallest absolute Gasteiger partial charge is 0.134 e. The van der Waals surface area contributed by atoms with Crippen LogP contribution in [0.1, 0.15) is 38.5 Å². The lowest BCUT2D eigenvalue weighted by Gasteiger charge is -2.23. The molecule has 0 aliphatic heterocycles. The molecule has 2 rings (SSSR count). The van der Waals surface area contributed by atoms with Gasteiger partial charge in [-0.05, 0) is 38.1 Å². The first-order valence-corrected chi connectivity index (χ1v) is 7.21. The van der Waals surface area contributed by atoms with Crippen molar-refractivity contribution in [1.82, 2.24) is 4.90 Å². The van der Waals surface area contributed by atoms with E-state index in [2.05, 4.69) is 30.9 Å². The lowest BCUT2D eigenvalue weighted by atomic mass is 10.2. The van der Waals surface area contributed by atoms with Gasteiger partial charge in [-0.3, -0.25) is 0 Å². The number of hydrogen-bond donors (Lipinski definition) is 1. The van der Waals surface area contributed by atoms with Gasteiger partial charge in [0.15, 0.2) is 0 Å². The van der Waals surface area contributed by atoms with Gasteiger partial charge in [0.05, 0.1) is 6.04 Å². The molecule has 0 amide bonds. The molecule has 1 aromatic carbocycles. The van der Waals surface area contributed by atoms with Crippen LogP contribution in [-0.4, -0.2) is 24.5 Å². The summed E-state index contributed by atoms with van der Waals surface area (Å²) in [6.45, 7) is 7.47. The van der Waals surface area contributed by atoms with Gasteiger partial charge in [0, 0.05) is 11.9 Å². The fourth-order valence-corrected chi connectivity index (χ4v) is 2.48. The van der Waals surface area contributed by atoms with Crippen LogP contribution in [0.3, 0.4) is 0 Å². The first-order valence-electron chi connectivity index (χ1n) is 7.21. The Balaban J connectivity index is 2.07. The molecular weight excluding hydrogens is 236 g/mol. The fourth-order valence-electron chi connectivity index (χ4n) is 2.48. The van der Waals surface area contributed by atoms with Gasteiger partial charge in [-0.1, -0.05) is 32.0 Å². The molecule has 2 aromatic rings. The molecule has 2 N–H and O–H groups in total. The van der Waals surface area contributed by atoms with Crippen molar-refractivity contribution in [3.63, 3.8) is 0 Å². The molecular formula is C16H24N2O. The average Bonchev–Trinajstić information content (AvgIpc) is 2.83. The standard InChI is InChI=1S/C16H24N2O/c1-3-9-18(10-4-2)12-14(17)16-11-13-7-5-6-8-15(13)19-16/h5-8,11,14H,3-4,9-10,12,17H2,1-2H3. The molecule has 0 aliphatic rings. The molecule has 0 spiro atoms. The van der Waals surface area contributed by atoms with Gasteiger partial charge in [0.2, 0.25) is 0 Å². The predicted molar refractivity (Wildman–Crippen MR) is 80.2 cm³/mol. The van der Waals surface area contributed by atoms with Crippen LogP contribution in [0.4, 0.5) is 0 Å². The minimum absolute atomic E-state index is 0.0505. The highest BCUT2D eigenvalue weighted by Crippen LogP contribution is 2.23. The van der Waals surface area contributed by atoms with Crippen molar-refractivity contribution >= 4 is 11.0 Å². The zero-order valence-corrected chi connectivity index (χ0v) is 11.9. The highest BCUT2D eigenvalue weighted by atomic mass is 16.3. The molecule has 0 saturated carbocycles. The van der Waals surface area contributed by atoms with Crippen molar-refractivity contribution in [3.8, 4) is 0 Å². The van der Waals surface area contributed by atoms with E-state index < -0.39 is 0 Å². The van der Waals surface area contributed by atoms with Crippen molar-refractivity contribution in [2.75, 3.05) is 19.6 Å². The molecule has 1 unspecified atom stereocenters. The summed E-state index contributed by atoms with van der Waals surface area (Å²) in [7, 11) is 0. The molecule has 1 heterocycles. The highest BCUT2D eigenvalue weighted by molar-refractivity contribution is 5.77. The average molecular weight is 260 g/mol. The third kappa shape index (κ3) is 3.58. The normalized spacial score (nSPS) is 13.3. The van der Waals surface area contributed by atoms with Gasteiger partial charge in [-0.2, -0.15) is 0 Å². The van der Waals surface area contributed by atoms with Crippen LogP contribution in [-0.2, 0) is 0 Å². The molecule has 1 aromatic heterocycles. The lowest BCUT2D eigenvalue weighted by molar-refractivity contribution is 0.249. The van der Waals surface area contributed by atoms with Gasteiger partial charge >= 0.3 is 0 Å². The Labute approximate surface area is 115 Å². The Hall–Kier alpha value is -1.32. The molecule has 19 heavy (non-hydrogen) atoms. The molecule has 1 atom stereocenters. The van der Waals surface area contributed by atoms with E-state index in [-0.39, 0.29) is 6.04 Å². The van der Waals surface area contributed by atoms with Crippen LogP contribution in [0.2, 0.25) is 0 Å². The van der Waals surface area contributed by atoms with E-state index in [1.807, 2.05) is 18.2 Å². The Bertz CT molecular complexity index is 467. The Morgan fingerprint density at radius 3 is 2.47 bits per heavy atom. The van der Waals surface area contributed by atoms with Crippen molar-refractivity contribution in [3.05, 3.63) is 36.1 Å². The third-order valence-corrected chi connectivity index (χ3v) is 3.34. The molecule has 0 radical (unpaired) electrons. The number of furan rings is 1. The second kappa shape index (κ2) is 6.73. The van der Waals surface area contributed by atoms with Crippen LogP contribution < -0.4 is 5.73 Å². The molecule has 3 heteroatoms. The third-order valence-electron chi connectivity index (χ3n) is 3.34. The number of para-hydroxylation sites is 1. The fraction of sp³-hybridized carbons (Fsp3) is 0.500. The van der Waals surface area contributed by atoms with Gasteiger partial charge in [0.1, 0.15) is 11.3 Å². The van der Waals surface area contributed by atoms with Crippen LogP contribution >= 0.6 is 0 Å². The summed E-state index contributed by atoms with van der Waals surface area (Å²) >= 11 is 0. The summed E-state index contributed by atoms with van der Waals surface area (Å²) in [5.41, 5.74) is 7.21. The molecule has 104 valence electrons. The van der Waals surface area contributed by atoms with Crippen molar-refractivity contribution in [2.45, 2.75) is 32.7 Å². The maximum atomic E-state index is 6.28. The molecule has 0 bridgehead atoms. The predicted octanol–water partition coefficient (Wildman–Crippen LogP) is 3.55. The topological polar surface area (TPSA) is 42.4 Å². The summed E-state index contributed by atoms with van der Waals surface area (Å²) in [5, 5.41) is 1.13. The second-order valence-electron chi connectivity index (χ2n) is 5.09. The minimum atomic E-state index is -0.0505. The molecule has 0 saturated heterocycles. The maximum Gasteiger partial charge on any atom is 0.134 e. The van der Waals surface area contributed by atoms with Crippen molar-refractivity contribution in [1.29, 1.82) is 0 Å². The van der Waals surface area contributed by atoms with E-state index in [0.29, 0.717) is 0 Å². The van der Waals surface area contributed by atoms with Crippen LogP contribution in [0.25, 0.3) is 11.0 Å². The molecule has 0 fully saturated rings. The monoisotopic (exact) mass is 260 g/mol. The van der Waals surface area contributed by atoms with E-state index in [4.69, 9.17) is 10.2 Å². The van der Waals surface area contributed by atoms with E-state index >= 15 is 0 Å². The van der Waals surface area contributed by atoms with Crippen molar-refractivity contribution < 1.29 is 4.42 Å². The zero-order chi connectivity index (χ0) is 13.7. The van der Waals surface area contributed by atoms with E-state index in [1.54, 1.807) is 0 Å². The summed E-state index contributed by atoms with van der Waals surface area (Å²) in [5.74, 6) is 0.887. The van der Waals surface area contributed by atoms with Gasteiger partial charge < -0.3 is 15.1 Å². The van der Waals surface area contributed by atoms with E-state index in [0.717, 1.165) is 49.2 Å². The zero-order valence-electron chi connectivity index (χ0n) is 11.9. The number of fused-ring (bicyclic) bond motifs is 1. The van der Waals surface area contributed by atoms with Crippen LogP contribution in [0, 0.1) is 0 Å².